The van der Waals surface area contributed by atoms with Gasteiger partial charge >= 0.3 is 0 Å². The lowest BCUT2D eigenvalue weighted by Gasteiger charge is -2.14. The first-order valence-electron chi connectivity index (χ1n) is 8.69. The van der Waals surface area contributed by atoms with Gasteiger partial charge in [-0.1, -0.05) is 37.7 Å². The molecular formula is C19H23N3O3S2. The van der Waals surface area contributed by atoms with Gasteiger partial charge in [0, 0.05) is 23.1 Å². The second-order valence-electron chi connectivity index (χ2n) is 5.82. The van der Waals surface area contributed by atoms with Gasteiger partial charge in [-0.15, -0.1) is 0 Å². The van der Waals surface area contributed by atoms with E-state index in [1.807, 2.05) is 13.8 Å². The largest absolute Gasteiger partial charge is 0.325 e. The number of aromatic amines is 1. The molecule has 0 saturated carbocycles. The monoisotopic (exact) mass is 405 g/mol. The van der Waals surface area contributed by atoms with E-state index in [1.54, 1.807) is 36.0 Å². The van der Waals surface area contributed by atoms with Crippen LogP contribution in [-0.2, 0) is 10.5 Å². The minimum absolute atomic E-state index is 0.0592. The van der Waals surface area contributed by atoms with Crippen LogP contribution >= 0.6 is 23.5 Å². The van der Waals surface area contributed by atoms with Crippen molar-refractivity contribution in [1.82, 2.24) is 9.97 Å². The standard InChI is InChI=1S/C19H23N3O3S2/c1-4-16(18(25)20-14-8-6-7-13(9-14)12(3)23)27-19-21-15(11-26-5-2)10-17(24)22-19/h6-10,16H,4-5,11H2,1-3H3,(H,20,25)(H,21,22,24). The third kappa shape index (κ3) is 6.55. The first-order valence-corrected chi connectivity index (χ1v) is 10.7. The van der Waals surface area contributed by atoms with Crippen molar-refractivity contribution in [2.24, 2.45) is 0 Å². The number of hydrogen-bond acceptors (Lipinski definition) is 6. The summed E-state index contributed by atoms with van der Waals surface area (Å²) in [5.74, 6) is 1.35. The van der Waals surface area contributed by atoms with Crippen LogP contribution in [0.4, 0.5) is 5.69 Å². The van der Waals surface area contributed by atoms with Gasteiger partial charge in [0.15, 0.2) is 10.9 Å². The Morgan fingerprint density at radius 2 is 2.04 bits per heavy atom. The molecular weight excluding hydrogens is 382 g/mol. The van der Waals surface area contributed by atoms with Crippen molar-refractivity contribution in [3.05, 3.63) is 51.9 Å². The Morgan fingerprint density at radius 3 is 2.70 bits per heavy atom. The summed E-state index contributed by atoms with van der Waals surface area (Å²) in [6, 6.07) is 8.32. The second kappa shape index (κ2) is 10.3. The quantitative estimate of drug-likeness (QED) is 0.375. The number of H-pyrrole nitrogens is 1. The molecule has 1 atom stereocenters. The van der Waals surface area contributed by atoms with E-state index in [4.69, 9.17) is 0 Å². The lowest BCUT2D eigenvalue weighted by atomic mass is 10.1. The van der Waals surface area contributed by atoms with Crippen LogP contribution in [-0.4, -0.2) is 32.7 Å². The minimum Gasteiger partial charge on any atom is -0.325 e. The molecule has 0 bridgehead atoms. The van der Waals surface area contributed by atoms with Gasteiger partial charge < -0.3 is 10.3 Å². The van der Waals surface area contributed by atoms with Crippen molar-refractivity contribution in [2.45, 2.75) is 43.4 Å². The SMILES string of the molecule is CCSCc1cc(=O)[nH]c(SC(CC)C(=O)Nc2cccc(C(C)=O)c2)n1. The molecule has 0 radical (unpaired) electrons. The van der Waals surface area contributed by atoms with Crippen molar-refractivity contribution in [1.29, 1.82) is 0 Å². The zero-order valence-electron chi connectivity index (χ0n) is 15.6. The van der Waals surface area contributed by atoms with E-state index in [2.05, 4.69) is 15.3 Å². The van der Waals surface area contributed by atoms with Crippen LogP contribution in [0.2, 0.25) is 0 Å². The van der Waals surface area contributed by atoms with Gasteiger partial charge in [0.25, 0.3) is 5.56 Å². The molecule has 1 heterocycles. The van der Waals surface area contributed by atoms with Gasteiger partial charge in [-0.2, -0.15) is 11.8 Å². The number of anilines is 1. The highest BCUT2D eigenvalue weighted by Gasteiger charge is 2.20. The number of ketones is 1. The maximum absolute atomic E-state index is 12.6. The average molecular weight is 406 g/mol. The van der Waals surface area contributed by atoms with Crippen molar-refractivity contribution in [3.63, 3.8) is 0 Å². The molecule has 0 spiro atoms. The Labute approximate surface area is 166 Å². The van der Waals surface area contributed by atoms with Gasteiger partial charge in [-0.3, -0.25) is 14.4 Å². The van der Waals surface area contributed by atoms with Crippen LogP contribution < -0.4 is 10.9 Å². The molecule has 0 fully saturated rings. The van der Waals surface area contributed by atoms with E-state index in [0.717, 1.165) is 5.75 Å². The summed E-state index contributed by atoms with van der Waals surface area (Å²) in [7, 11) is 0. The summed E-state index contributed by atoms with van der Waals surface area (Å²) < 4.78 is 0. The van der Waals surface area contributed by atoms with Crippen molar-refractivity contribution in [3.8, 4) is 0 Å². The number of rotatable bonds is 9. The maximum Gasteiger partial charge on any atom is 0.251 e. The van der Waals surface area contributed by atoms with Crippen LogP contribution in [0.3, 0.4) is 0 Å². The zero-order valence-corrected chi connectivity index (χ0v) is 17.2. The molecule has 0 saturated heterocycles. The minimum atomic E-state index is -0.414. The number of amides is 1. The van der Waals surface area contributed by atoms with Gasteiger partial charge in [0.05, 0.1) is 10.9 Å². The van der Waals surface area contributed by atoms with E-state index in [0.29, 0.717) is 34.3 Å². The lowest BCUT2D eigenvalue weighted by molar-refractivity contribution is -0.115. The van der Waals surface area contributed by atoms with Gasteiger partial charge in [-0.25, -0.2) is 4.98 Å². The fourth-order valence-electron chi connectivity index (χ4n) is 2.32. The fraction of sp³-hybridized carbons (Fsp3) is 0.368. The van der Waals surface area contributed by atoms with Crippen molar-refractivity contribution < 1.29 is 9.59 Å². The summed E-state index contributed by atoms with van der Waals surface area (Å²) in [4.78, 5) is 43.1. The molecule has 6 nitrogen and oxygen atoms in total. The summed E-state index contributed by atoms with van der Waals surface area (Å²) in [6.45, 7) is 5.43. The molecule has 1 amide bonds. The first kappa shape index (κ1) is 21.2. The number of benzene rings is 1. The topological polar surface area (TPSA) is 91.9 Å². The van der Waals surface area contributed by atoms with Crippen molar-refractivity contribution in [2.75, 3.05) is 11.1 Å². The number of hydrogen-bond donors (Lipinski definition) is 2. The summed E-state index contributed by atoms with van der Waals surface area (Å²) in [6.07, 6.45) is 0.570. The highest BCUT2D eigenvalue weighted by molar-refractivity contribution is 8.00. The van der Waals surface area contributed by atoms with Crippen LogP contribution in [0.25, 0.3) is 0 Å². The Hall–Kier alpha value is -2.06. The Bertz CT molecular complexity index is 867. The van der Waals surface area contributed by atoms with Gasteiger partial charge in [-0.05, 0) is 31.2 Å². The van der Waals surface area contributed by atoms with E-state index in [9.17, 15) is 14.4 Å². The summed E-state index contributed by atoms with van der Waals surface area (Å²) in [5, 5.41) is 2.86. The van der Waals surface area contributed by atoms with Crippen LogP contribution in [0.1, 0.15) is 43.2 Å². The Balaban J connectivity index is 2.11. The zero-order chi connectivity index (χ0) is 19.8. The smallest absolute Gasteiger partial charge is 0.251 e. The number of nitrogens with zero attached hydrogens (tertiary/aromatic N) is 1. The third-order valence-corrected chi connectivity index (χ3v) is 5.84. The van der Waals surface area contributed by atoms with E-state index in [-0.39, 0.29) is 17.2 Å². The number of Topliss-reactive ketones (excluding diaryl/α,β-unsaturated/α-hetero) is 1. The Kier molecular flexibility index (Phi) is 8.12. The molecule has 2 rings (SSSR count). The highest BCUT2D eigenvalue weighted by Crippen LogP contribution is 2.24. The molecule has 144 valence electrons. The van der Waals surface area contributed by atoms with Crippen LogP contribution in [0, 0.1) is 0 Å². The molecule has 0 aliphatic carbocycles. The predicted molar refractivity (Wildman–Crippen MR) is 112 cm³/mol. The summed E-state index contributed by atoms with van der Waals surface area (Å²) in [5.41, 5.74) is 1.60. The van der Waals surface area contributed by atoms with Gasteiger partial charge in [0.2, 0.25) is 5.91 Å². The second-order valence-corrected chi connectivity index (χ2v) is 8.29. The average Bonchev–Trinajstić information content (AvgIpc) is 2.64. The highest BCUT2D eigenvalue weighted by atomic mass is 32.2. The summed E-state index contributed by atoms with van der Waals surface area (Å²) >= 11 is 2.92. The number of thioether (sulfide) groups is 2. The number of carbonyl (C=O) groups is 2. The predicted octanol–water partition coefficient (Wildman–Crippen LogP) is 3.74. The molecule has 1 unspecified atom stereocenters. The molecule has 1 aromatic heterocycles. The molecule has 8 heteroatoms. The molecule has 2 aromatic rings. The van der Waals surface area contributed by atoms with Crippen molar-refractivity contribution >= 4 is 40.9 Å². The first-order chi connectivity index (χ1) is 12.9. The van der Waals surface area contributed by atoms with Crippen LogP contribution in [0.5, 0.6) is 0 Å². The molecule has 0 aliphatic heterocycles. The normalized spacial score (nSPS) is 11.8. The fourth-order valence-corrected chi connectivity index (χ4v) is 3.81. The van der Waals surface area contributed by atoms with E-state index in [1.165, 1.54) is 24.8 Å². The number of nitrogens with one attached hydrogen (secondary N) is 2. The van der Waals surface area contributed by atoms with E-state index < -0.39 is 5.25 Å². The molecule has 0 aliphatic rings. The third-order valence-electron chi connectivity index (χ3n) is 3.68. The number of aromatic nitrogens is 2. The van der Waals surface area contributed by atoms with E-state index >= 15 is 0 Å². The molecule has 1 aromatic carbocycles. The lowest BCUT2D eigenvalue weighted by Crippen LogP contribution is -2.25. The number of carbonyl (C=O) groups excluding carboxylic acids is 2. The Morgan fingerprint density at radius 1 is 1.26 bits per heavy atom. The maximum atomic E-state index is 12.6. The molecule has 2 N–H and O–H groups in total. The van der Waals surface area contributed by atoms with Gasteiger partial charge in [0.1, 0.15) is 0 Å². The van der Waals surface area contributed by atoms with Crippen LogP contribution in [0.15, 0.2) is 40.3 Å². The molecule has 27 heavy (non-hydrogen) atoms.